The van der Waals surface area contributed by atoms with E-state index in [1.54, 1.807) is 10.7 Å². The minimum atomic E-state index is -3.63. The van der Waals surface area contributed by atoms with Crippen molar-refractivity contribution in [3.63, 3.8) is 0 Å². The fourth-order valence-corrected chi connectivity index (χ4v) is 5.43. The third-order valence-corrected chi connectivity index (χ3v) is 7.06. The molecule has 0 bridgehead atoms. The molecule has 0 unspecified atom stereocenters. The first-order valence-corrected chi connectivity index (χ1v) is 12.4. The molecule has 0 aliphatic rings. The number of benzene rings is 1. The van der Waals surface area contributed by atoms with Crippen LogP contribution in [0.3, 0.4) is 0 Å². The molecule has 0 amide bonds. The molecule has 0 atom stereocenters. The zero-order chi connectivity index (χ0) is 22.8. The van der Waals surface area contributed by atoms with Crippen molar-refractivity contribution in [3.05, 3.63) is 53.1 Å². The van der Waals surface area contributed by atoms with Crippen molar-refractivity contribution in [2.45, 2.75) is 77.0 Å². The number of hydrogen-bond donors (Lipinski definition) is 1. The van der Waals surface area contributed by atoms with Crippen LogP contribution >= 0.6 is 0 Å². The molecule has 0 aliphatic carbocycles. The Labute approximate surface area is 185 Å². The number of aryl methyl sites for hydroxylation is 1. The van der Waals surface area contributed by atoms with Gasteiger partial charge in [-0.3, -0.25) is 0 Å². The van der Waals surface area contributed by atoms with Gasteiger partial charge < -0.3 is 0 Å². The molecule has 0 saturated carbocycles. The quantitative estimate of drug-likeness (QED) is 0.495. The Hall–Kier alpha value is -2.32. The fraction of sp³-hybridized carbons (Fsp3) is 0.522. The minimum absolute atomic E-state index is 0.114. The van der Waals surface area contributed by atoms with Crippen LogP contribution in [0.25, 0.3) is 5.78 Å². The zero-order valence-corrected chi connectivity index (χ0v) is 20.1. The van der Waals surface area contributed by atoms with Crippen LogP contribution in [0.5, 0.6) is 0 Å². The maximum absolute atomic E-state index is 13.4. The van der Waals surface area contributed by atoms with E-state index < -0.39 is 10.0 Å². The van der Waals surface area contributed by atoms with Crippen molar-refractivity contribution in [1.82, 2.24) is 24.3 Å². The van der Waals surface area contributed by atoms with E-state index in [-0.39, 0.29) is 11.8 Å². The number of sulfonamides is 1. The maximum atomic E-state index is 13.4. The second kappa shape index (κ2) is 9.44. The maximum Gasteiger partial charge on any atom is 0.252 e. The fourth-order valence-electron chi connectivity index (χ4n) is 3.66. The molecule has 8 heteroatoms. The van der Waals surface area contributed by atoms with Gasteiger partial charge in [0.15, 0.2) is 0 Å². The number of aromatic nitrogens is 4. The Morgan fingerprint density at radius 2 is 1.61 bits per heavy atom. The first-order chi connectivity index (χ1) is 14.6. The highest BCUT2D eigenvalue weighted by Gasteiger charge is 2.26. The largest absolute Gasteiger partial charge is 0.252 e. The Morgan fingerprint density at radius 1 is 0.968 bits per heavy atom. The molecule has 3 aromatic rings. The lowest BCUT2D eigenvalue weighted by Crippen LogP contribution is -2.28. The SMILES string of the molecule is CC(C)c1cc(C(C)C)c(S(=O)(=O)NCCCc2cnc3ncnn3c2)c(C(C)C)c1. The summed E-state index contributed by atoms with van der Waals surface area (Å²) >= 11 is 0. The summed E-state index contributed by atoms with van der Waals surface area (Å²) in [6.07, 6.45) is 6.47. The van der Waals surface area contributed by atoms with Crippen LogP contribution < -0.4 is 4.72 Å². The van der Waals surface area contributed by atoms with Crippen molar-refractivity contribution in [2.75, 3.05) is 6.54 Å². The summed E-state index contributed by atoms with van der Waals surface area (Å²) in [5.41, 5.74) is 3.96. The normalized spacial score (nSPS) is 12.5. The van der Waals surface area contributed by atoms with E-state index in [4.69, 9.17) is 0 Å². The molecular formula is C23H33N5O2S. The molecule has 1 N–H and O–H groups in total. The predicted molar refractivity (Wildman–Crippen MR) is 123 cm³/mol. The Kier molecular flexibility index (Phi) is 7.11. The summed E-state index contributed by atoms with van der Waals surface area (Å²) in [4.78, 5) is 8.74. The summed E-state index contributed by atoms with van der Waals surface area (Å²) in [6.45, 7) is 12.8. The van der Waals surface area contributed by atoms with Crippen LogP contribution in [0.2, 0.25) is 0 Å². The van der Waals surface area contributed by atoms with Crippen molar-refractivity contribution in [3.8, 4) is 0 Å². The Morgan fingerprint density at radius 3 is 2.19 bits per heavy atom. The van der Waals surface area contributed by atoms with Gasteiger partial charge in [0.1, 0.15) is 6.33 Å². The standard InChI is InChI=1S/C23H33N5O2S/c1-15(2)19-10-20(16(3)4)22(21(11-19)17(5)6)31(29,30)27-9-7-8-18-12-24-23-25-14-26-28(23)13-18/h10-17,27H,7-9H2,1-6H3. The molecule has 0 fully saturated rings. The van der Waals surface area contributed by atoms with E-state index in [9.17, 15) is 8.42 Å². The molecule has 2 aromatic heterocycles. The number of nitrogens with zero attached hydrogens (tertiary/aromatic N) is 4. The molecule has 0 aliphatic heterocycles. The number of hydrogen-bond acceptors (Lipinski definition) is 5. The van der Waals surface area contributed by atoms with Gasteiger partial charge in [-0.05, 0) is 52.8 Å². The molecule has 3 rings (SSSR count). The van der Waals surface area contributed by atoms with Crippen LogP contribution in [0.15, 0.2) is 35.7 Å². The van der Waals surface area contributed by atoms with Gasteiger partial charge in [0.25, 0.3) is 5.78 Å². The van der Waals surface area contributed by atoms with Crippen molar-refractivity contribution in [2.24, 2.45) is 0 Å². The van der Waals surface area contributed by atoms with E-state index in [1.165, 1.54) is 11.9 Å². The van der Waals surface area contributed by atoms with E-state index >= 15 is 0 Å². The topological polar surface area (TPSA) is 89.2 Å². The molecule has 7 nitrogen and oxygen atoms in total. The first kappa shape index (κ1) is 23.3. The summed E-state index contributed by atoms with van der Waals surface area (Å²) < 4.78 is 31.2. The highest BCUT2D eigenvalue weighted by Crippen LogP contribution is 2.35. The second-order valence-corrected chi connectivity index (χ2v) is 10.7. The van der Waals surface area contributed by atoms with Gasteiger partial charge in [0.2, 0.25) is 10.0 Å². The average Bonchev–Trinajstić information content (AvgIpc) is 3.17. The van der Waals surface area contributed by atoms with Crippen molar-refractivity contribution in [1.29, 1.82) is 0 Å². The predicted octanol–water partition coefficient (Wildman–Crippen LogP) is 4.41. The molecule has 0 spiro atoms. The van der Waals surface area contributed by atoms with Gasteiger partial charge in [0, 0.05) is 18.9 Å². The minimum Gasteiger partial charge on any atom is -0.219 e. The van der Waals surface area contributed by atoms with Gasteiger partial charge in [-0.1, -0.05) is 53.7 Å². The van der Waals surface area contributed by atoms with E-state index in [2.05, 4.69) is 73.5 Å². The van der Waals surface area contributed by atoms with Gasteiger partial charge in [-0.2, -0.15) is 10.1 Å². The number of fused-ring (bicyclic) bond motifs is 1. The molecule has 0 saturated heterocycles. The van der Waals surface area contributed by atoms with E-state index in [0.717, 1.165) is 16.7 Å². The highest BCUT2D eigenvalue weighted by atomic mass is 32.2. The summed E-state index contributed by atoms with van der Waals surface area (Å²) in [6, 6.07) is 4.13. The van der Waals surface area contributed by atoms with Crippen LogP contribution in [-0.2, 0) is 16.4 Å². The third kappa shape index (κ3) is 5.30. The number of nitrogens with one attached hydrogen (secondary N) is 1. The summed E-state index contributed by atoms with van der Waals surface area (Å²) in [5, 5.41) is 4.09. The molecular weight excluding hydrogens is 410 g/mol. The second-order valence-electron chi connectivity index (χ2n) is 8.96. The average molecular weight is 444 g/mol. The lowest BCUT2D eigenvalue weighted by molar-refractivity contribution is 0.573. The van der Waals surface area contributed by atoms with Crippen LogP contribution in [0.4, 0.5) is 0 Å². The smallest absolute Gasteiger partial charge is 0.219 e. The Bertz CT molecular complexity index is 1120. The lowest BCUT2D eigenvalue weighted by Gasteiger charge is -2.23. The van der Waals surface area contributed by atoms with Crippen LogP contribution in [0.1, 0.15) is 88.0 Å². The van der Waals surface area contributed by atoms with Gasteiger partial charge >= 0.3 is 0 Å². The van der Waals surface area contributed by atoms with Crippen LogP contribution in [0, 0.1) is 0 Å². The zero-order valence-electron chi connectivity index (χ0n) is 19.3. The first-order valence-electron chi connectivity index (χ1n) is 10.9. The summed E-state index contributed by atoms with van der Waals surface area (Å²) in [7, 11) is -3.63. The molecule has 1 aromatic carbocycles. The molecule has 2 heterocycles. The molecule has 0 radical (unpaired) electrons. The van der Waals surface area contributed by atoms with E-state index in [1.807, 2.05) is 6.20 Å². The van der Waals surface area contributed by atoms with E-state index in [0.29, 0.717) is 36.0 Å². The highest BCUT2D eigenvalue weighted by molar-refractivity contribution is 7.89. The number of rotatable bonds is 9. The molecule has 31 heavy (non-hydrogen) atoms. The summed E-state index contributed by atoms with van der Waals surface area (Å²) in [5.74, 6) is 1.12. The van der Waals surface area contributed by atoms with Crippen molar-refractivity contribution >= 4 is 15.8 Å². The lowest BCUT2D eigenvalue weighted by atomic mass is 9.89. The third-order valence-electron chi connectivity index (χ3n) is 5.47. The molecule has 168 valence electrons. The van der Waals surface area contributed by atoms with Gasteiger partial charge in [-0.25, -0.2) is 22.6 Å². The Balaban J connectivity index is 1.79. The monoisotopic (exact) mass is 443 g/mol. The van der Waals surface area contributed by atoms with Crippen molar-refractivity contribution < 1.29 is 8.42 Å². The van der Waals surface area contributed by atoms with Gasteiger partial charge in [0.05, 0.1) is 4.90 Å². The van der Waals surface area contributed by atoms with Crippen LogP contribution in [-0.4, -0.2) is 34.5 Å². The van der Waals surface area contributed by atoms with Gasteiger partial charge in [-0.15, -0.1) is 0 Å².